The third-order valence-corrected chi connectivity index (χ3v) is 1.75. The molecule has 0 unspecified atom stereocenters. The van der Waals surface area contributed by atoms with E-state index in [4.69, 9.17) is 0 Å². The third-order valence-electron chi connectivity index (χ3n) is 1.75. The van der Waals surface area contributed by atoms with Crippen LogP contribution in [0.4, 0.5) is 5.69 Å². The number of hydrogen-bond acceptors (Lipinski definition) is 2. The molecule has 1 aliphatic rings. The predicted octanol–water partition coefficient (Wildman–Crippen LogP) is 2.52. The molecule has 0 atom stereocenters. The Morgan fingerprint density at radius 2 is 2.00 bits per heavy atom. The zero-order valence-electron chi connectivity index (χ0n) is 6.49. The van der Waals surface area contributed by atoms with Crippen molar-refractivity contribution in [1.82, 2.24) is 0 Å². The van der Waals surface area contributed by atoms with Crippen LogP contribution < -0.4 is 5.32 Å². The Bertz CT molecular complexity index is 353. The molecule has 2 N–H and O–H groups in total. The summed E-state index contributed by atoms with van der Waals surface area (Å²) in [6.45, 7) is 0. The molecule has 2 rings (SSSR count). The number of fused-ring (bicyclic) bond motifs is 1. The van der Waals surface area contributed by atoms with Gasteiger partial charge in [-0.05, 0) is 17.7 Å². The van der Waals surface area contributed by atoms with E-state index in [2.05, 4.69) is 5.32 Å². The van der Waals surface area contributed by atoms with Gasteiger partial charge in [-0.15, -0.1) is 0 Å². The minimum Gasteiger partial charge on any atom is -0.495 e. The topological polar surface area (TPSA) is 32.3 Å². The third kappa shape index (κ3) is 1.19. The molecule has 0 spiro atoms. The molecule has 12 heavy (non-hydrogen) atoms. The molecule has 0 aliphatic carbocycles. The predicted molar refractivity (Wildman–Crippen MR) is 49.8 cm³/mol. The van der Waals surface area contributed by atoms with Crippen LogP contribution in [0.25, 0.3) is 6.08 Å². The fourth-order valence-electron chi connectivity index (χ4n) is 1.18. The normalized spacial score (nSPS) is 14.2. The second kappa shape index (κ2) is 2.74. The summed E-state index contributed by atoms with van der Waals surface area (Å²) in [6, 6.07) is 7.81. The average Bonchev–Trinajstić information content (AvgIpc) is 2.25. The second-order valence-corrected chi connectivity index (χ2v) is 2.62. The number of allylic oxidation sites excluding steroid dienone is 2. The van der Waals surface area contributed by atoms with E-state index in [-0.39, 0.29) is 5.88 Å². The van der Waals surface area contributed by atoms with Crippen molar-refractivity contribution in [2.75, 3.05) is 5.32 Å². The Hall–Kier alpha value is -1.70. The quantitative estimate of drug-likeness (QED) is 0.609. The van der Waals surface area contributed by atoms with Crippen LogP contribution in [0.5, 0.6) is 0 Å². The van der Waals surface area contributed by atoms with Gasteiger partial charge >= 0.3 is 0 Å². The van der Waals surface area contributed by atoms with Gasteiger partial charge in [-0.25, -0.2) is 0 Å². The minimum absolute atomic E-state index is 0.177. The maximum atomic E-state index is 9.23. The largest absolute Gasteiger partial charge is 0.495 e. The lowest BCUT2D eigenvalue weighted by Gasteiger charge is -2.05. The van der Waals surface area contributed by atoms with Gasteiger partial charge in [0.2, 0.25) is 0 Å². The van der Waals surface area contributed by atoms with E-state index in [1.54, 1.807) is 6.08 Å². The van der Waals surface area contributed by atoms with Crippen LogP contribution in [0.2, 0.25) is 0 Å². The molecule has 60 valence electrons. The number of para-hydroxylation sites is 1. The molecule has 2 heteroatoms. The molecule has 0 amide bonds. The lowest BCUT2D eigenvalue weighted by atomic mass is 10.2. The number of nitrogens with one attached hydrogen (secondary N) is 1. The van der Waals surface area contributed by atoms with Gasteiger partial charge < -0.3 is 10.4 Å². The van der Waals surface area contributed by atoms with E-state index in [0.29, 0.717) is 0 Å². The summed E-state index contributed by atoms with van der Waals surface area (Å²) in [5.74, 6) is 0.177. The van der Waals surface area contributed by atoms with Crippen LogP contribution in [0.3, 0.4) is 0 Å². The summed E-state index contributed by atoms with van der Waals surface area (Å²) in [7, 11) is 0. The number of aliphatic hydroxyl groups excluding tert-OH is 1. The smallest absolute Gasteiger partial charge is 0.188 e. The monoisotopic (exact) mass is 159 g/mol. The first-order valence-electron chi connectivity index (χ1n) is 3.79. The maximum Gasteiger partial charge on any atom is 0.188 e. The van der Waals surface area contributed by atoms with Crippen molar-refractivity contribution < 1.29 is 5.11 Å². The summed E-state index contributed by atoms with van der Waals surface area (Å²) >= 11 is 0. The van der Waals surface area contributed by atoms with Crippen LogP contribution in [-0.4, -0.2) is 5.11 Å². The van der Waals surface area contributed by atoms with Gasteiger partial charge in [0.05, 0.1) is 0 Å². The first-order chi connectivity index (χ1) is 5.86. The van der Waals surface area contributed by atoms with Crippen molar-refractivity contribution in [2.45, 2.75) is 0 Å². The maximum absolute atomic E-state index is 9.23. The van der Waals surface area contributed by atoms with E-state index < -0.39 is 0 Å². The molecule has 1 aliphatic heterocycles. The van der Waals surface area contributed by atoms with E-state index in [1.165, 1.54) is 0 Å². The fraction of sp³-hybridized carbons (Fsp3) is 0. The van der Waals surface area contributed by atoms with Crippen molar-refractivity contribution in [1.29, 1.82) is 0 Å². The van der Waals surface area contributed by atoms with Gasteiger partial charge in [-0.1, -0.05) is 30.4 Å². The second-order valence-electron chi connectivity index (χ2n) is 2.62. The summed E-state index contributed by atoms with van der Waals surface area (Å²) in [6.07, 6.45) is 5.39. The van der Waals surface area contributed by atoms with Gasteiger partial charge in [-0.3, -0.25) is 0 Å². The Morgan fingerprint density at radius 1 is 1.17 bits per heavy atom. The van der Waals surface area contributed by atoms with Crippen molar-refractivity contribution in [2.24, 2.45) is 0 Å². The average molecular weight is 159 g/mol. The molecule has 0 fully saturated rings. The summed E-state index contributed by atoms with van der Waals surface area (Å²) in [4.78, 5) is 0. The summed E-state index contributed by atoms with van der Waals surface area (Å²) < 4.78 is 0. The van der Waals surface area contributed by atoms with Crippen LogP contribution in [0, 0.1) is 0 Å². The molecule has 0 bridgehead atoms. The molecule has 0 saturated carbocycles. The summed E-state index contributed by atoms with van der Waals surface area (Å²) in [5, 5.41) is 12.1. The molecular formula is C10H9NO. The lowest BCUT2D eigenvalue weighted by molar-refractivity contribution is 0.420. The molecule has 0 radical (unpaired) electrons. The van der Waals surface area contributed by atoms with Gasteiger partial charge in [0, 0.05) is 5.69 Å². The van der Waals surface area contributed by atoms with E-state index >= 15 is 0 Å². The number of aliphatic hydroxyl groups is 1. The molecule has 0 aromatic heterocycles. The van der Waals surface area contributed by atoms with Crippen LogP contribution in [0.1, 0.15) is 5.56 Å². The van der Waals surface area contributed by atoms with Gasteiger partial charge in [-0.2, -0.15) is 0 Å². The molecule has 1 aromatic carbocycles. The Morgan fingerprint density at radius 3 is 2.92 bits per heavy atom. The van der Waals surface area contributed by atoms with Gasteiger partial charge in [0.1, 0.15) is 0 Å². The van der Waals surface area contributed by atoms with Crippen LogP contribution in [0.15, 0.2) is 42.3 Å². The van der Waals surface area contributed by atoms with Gasteiger partial charge in [0.25, 0.3) is 0 Å². The number of hydrogen-bond donors (Lipinski definition) is 2. The highest BCUT2D eigenvalue weighted by atomic mass is 16.3. The van der Waals surface area contributed by atoms with Crippen molar-refractivity contribution in [3.05, 3.63) is 47.9 Å². The van der Waals surface area contributed by atoms with Gasteiger partial charge in [0.15, 0.2) is 5.88 Å². The van der Waals surface area contributed by atoms with E-state index in [9.17, 15) is 5.11 Å². The highest BCUT2D eigenvalue weighted by Gasteiger charge is 2.01. The highest BCUT2D eigenvalue weighted by Crippen LogP contribution is 2.20. The zero-order valence-corrected chi connectivity index (χ0v) is 6.49. The SMILES string of the molecule is OC1=CC=Cc2ccccc2N1. The Balaban J connectivity index is 2.49. The Kier molecular flexibility index (Phi) is 1.59. The van der Waals surface area contributed by atoms with Crippen LogP contribution in [-0.2, 0) is 0 Å². The molecule has 0 saturated heterocycles. The van der Waals surface area contributed by atoms with Crippen molar-refractivity contribution in [3.8, 4) is 0 Å². The van der Waals surface area contributed by atoms with E-state index in [0.717, 1.165) is 11.3 Å². The first kappa shape index (κ1) is 6.98. The standard InChI is InChI=1S/C10H9NO/c12-10-7-3-5-8-4-1-2-6-9(8)11-10/h1-7,11-12H. The number of benzene rings is 1. The molecular weight excluding hydrogens is 150 g/mol. The molecule has 1 heterocycles. The highest BCUT2D eigenvalue weighted by molar-refractivity contribution is 5.70. The zero-order chi connectivity index (χ0) is 8.39. The number of rotatable bonds is 0. The number of anilines is 1. The fourth-order valence-corrected chi connectivity index (χ4v) is 1.18. The minimum atomic E-state index is 0.177. The lowest BCUT2D eigenvalue weighted by Crippen LogP contribution is -1.97. The van der Waals surface area contributed by atoms with Crippen molar-refractivity contribution in [3.63, 3.8) is 0 Å². The molecule has 2 nitrogen and oxygen atoms in total. The Labute approximate surface area is 70.9 Å². The van der Waals surface area contributed by atoms with Crippen LogP contribution >= 0.6 is 0 Å². The van der Waals surface area contributed by atoms with Crippen molar-refractivity contribution >= 4 is 11.8 Å². The first-order valence-corrected chi connectivity index (χ1v) is 3.79. The van der Waals surface area contributed by atoms with E-state index in [1.807, 2.05) is 36.4 Å². The molecule has 1 aromatic rings. The summed E-state index contributed by atoms with van der Waals surface area (Å²) in [5.41, 5.74) is 2.01.